The van der Waals surface area contributed by atoms with Crippen LogP contribution in [-0.4, -0.2) is 42.5 Å². The molecule has 0 N–H and O–H groups in total. The number of para-hydroxylation sites is 2. The van der Waals surface area contributed by atoms with E-state index in [0.717, 1.165) is 54.6 Å². The van der Waals surface area contributed by atoms with Crippen LogP contribution in [0.15, 0.2) is 36.4 Å². The number of imidazole rings is 1. The molecule has 4 heterocycles. The Morgan fingerprint density at radius 2 is 1.72 bits per heavy atom. The molecular weight excluding hydrogens is 362 g/mol. The molecule has 0 amide bonds. The predicted molar refractivity (Wildman–Crippen MR) is 114 cm³/mol. The zero-order chi connectivity index (χ0) is 20.2. The summed E-state index contributed by atoms with van der Waals surface area (Å²) < 4.78 is 4.15. The van der Waals surface area contributed by atoms with E-state index in [1.165, 1.54) is 5.52 Å². The minimum absolute atomic E-state index is 0.000693. The van der Waals surface area contributed by atoms with Gasteiger partial charge >= 0.3 is 0 Å². The molecule has 7 nitrogen and oxygen atoms in total. The van der Waals surface area contributed by atoms with Gasteiger partial charge in [-0.3, -0.25) is 0 Å². The van der Waals surface area contributed by atoms with Gasteiger partial charge in [-0.2, -0.15) is 9.61 Å². The van der Waals surface area contributed by atoms with Crippen LogP contribution in [0, 0.1) is 0 Å². The van der Waals surface area contributed by atoms with Crippen LogP contribution in [0.4, 0.5) is 5.95 Å². The smallest absolute Gasteiger partial charge is 0.206 e. The van der Waals surface area contributed by atoms with Crippen molar-refractivity contribution in [3.05, 3.63) is 47.9 Å². The van der Waals surface area contributed by atoms with Gasteiger partial charge in [0.05, 0.1) is 16.7 Å². The molecule has 150 valence electrons. The first-order valence-corrected chi connectivity index (χ1v) is 10.3. The second-order valence-electron chi connectivity index (χ2n) is 9.02. The Morgan fingerprint density at radius 3 is 2.45 bits per heavy atom. The van der Waals surface area contributed by atoms with Crippen molar-refractivity contribution in [2.24, 2.45) is 7.05 Å². The summed E-state index contributed by atoms with van der Waals surface area (Å²) in [4.78, 5) is 7.24. The first-order valence-electron chi connectivity index (χ1n) is 10.3. The Kier molecular flexibility index (Phi) is 4.08. The molecule has 5 rings (SSSR count). The molecule has 0 saturated carbocycles. The average Bonchev–Trinajstić information content (AvgIpc) is 3.29. The van der Waals surface area contributed by atoms with Crippen LogP contribution in [0.1, 0.15) is 51.0 Å². The fourth-order valence-corrected chi connectivity index (χ4v) is 4.21. The molecule has 29 heavy (non-hydrogen) atoms. The first kappa shape index (κ1) is 18.1. The number of nitrogens with zero attached hydrogens (tertiary/aromatic N) is 7. The minimum Gasteiger partial charge on any atom is -0.342 e. The summed E-state index contributed by atoms with van der Waals surface area (Å²) in [6, 6.07) is 12.4. The number of aromatic nitrogens is 6. The number of piperidine rings is 1. The largest absolute Gasteiger partial charge is 0.342 e. The lowest BCUT2D eigenvalue weighted by molar-refractivity contribution is 0.466. The second kappa shape index (κ2) is 6.54. The highest BCUT2D eigenvalue weighted by Crippen LogP contribution is 2.31. The molecule has 0 bridgehead atoms. The van der Waals surface area contributed by atoms with E-state index in [-0.39, 0.29) is 5.41 Å². The van der Waals surface area contributed by atoms with Crippen molar-refractivity contribution in [3.63, 3.8) is 0 Å². The number of anilines is 1. The Bertz CT molecular complexity index is 1170. The minimum atomic E-state index is -0.000693. The molecule has 1 aliphatic rings. The summed E-state index contributed by atoms with van der Waals surface area (Å²) in [6.45, 7) is 8.45. The molecular formula is C22H27N7. The molecule has 1 fully saturated rings. The highest BCUT2D eigenvalue weighted by molar-refractivity contribution is 5.78. The highest BCUT2D eigenvalue weighted by atomic mass is 15.4. The van der Waals surface area contributed by atoms with Gasteiger partial charge in [0, 0.05) is 31.5 Å². The van der Waals surface area contributed by atoms with Crippen molar-refractivity contribution in [3.8, 4) is 0 Å². The summed E-state index contributed by atoms with van der Waals surface area (Å²) in [6.07, 6.45) is 2.04. The number of rotatable bonds is 2. The average molecular weight is 390 g/mol. The summed E-state index contributed by atoms with van der Waals surface area (Å²) in [5.74, 6) is 2.39. The van der Waals surface area contributed by atoms with Crippen molar-refractivity contribution in [1.29, 1.82) is 0 Å². The lowest BCUT2D eigenvalue weighted by Gasteiger charge is -2.31. The van der Waals surface area contributed by atoms with Crippen LogP contribution < -0.4 is 4.90 Å². The maximum absolute atomic E-state index is 4.86. The topological polar surface area (TPSA) is 64.1 Å². The fraction of sp³-hybridized carbons (Fsp3) is 0.455. The fourth-order valence-electron chi connectivity index (χ4n) is 4.21. The van der Waals surface area contributed by atoms with Gasteiger partial charge in [-0.05, 0) is 37.1 Å². The van der Waals surface area contributed by atoms with E-state index >= 15 is 0 Å². The lowest BCUT2D eigenvalue weighted by atomic mass is 9.92. The van der Waals surface area contributed by atoms with Gasteiger partial charge in [-0.25, -0.2) is 4.98 Å². The highest BCUT2D eigenvalue weighted by Gasteiger charge is 2.28. The summed E-state index contributed by atoms with van der Waals surface area (Å²) in [5, 5.41) is 13.7. The third-order valence-corrected chi connectivity index (χ3v) is 5.96. The lowest BCUT2D eigenvalue weighted by Crippen LogP contribution is -2.35. The molecule has 7 heteroatoms. The molecule has 1 saturated heterocycles. The van der Waals surface area contributed by atoms with Gasteiger partial charge in [0.25, 0.3) is 0 Å². The Labute approximate surface area is 170 Å². The van der Waals surface area contributed by atoms with Crippen LogP contribution in [0.5, 0.6) is 0 Å². The second-order valence-corrected chi connectivity index (χ2v) is 9.02. The van der Waals surface area contributed by atoms with Gasteiger partial charge in [0.15, 0.2) is 11.5 Å². The number of hydrogen-bond donors (Lipinski definition) is 0. The molecule has 0 aliphatic carbocycles. The van der Waals surface area contributed by atoms with Gasteiger partial charge in [0.1, 0.15) is 0 Å². The SMILES string of the molecule is Cn1c(N2CCC(c3nnc4ccc(C(C)(C)C)nn34)CC2)nc2ccccc21. The third kappa shape index (κ3) is 3.05. The van der Waals surface area contributed by atoms with Gasteiger partial charge in [0.2, 0.25) is 5.95 Å². The van der Waals surface area contributed by atoms with Crippen molar-refractivity contribution < 1.29 is 0 Å². The number of benzene rings is 1. The molecule has 0 spiro atoms. The number of aryl methyl sites for hydroxylation is 1. The van der Waals surface area contributed by atoms with Crippen LogP contribution in [-0.2, 0) is 12.5 Å². The molecule has 3 aromatic heterocycles. The number of hydrogen-bond acceptors (Lipinski definition) is 5. The number of fused-ring (bicyclic) bond motifs is 2. The maximum atomic E-state index is 4.86. The molecule has 0 radical (unpaired) electrons. The van der Waals surface area contributed by atoms with E-state index in [0.29, 0.717) is 5.92 Å². The summed E-state index contributed by atoms with van der Waals surface area (Å²) in [7, 11) is 2.10. The molecule has 0 unspecified atom stereocenters. The monoisotopic (exact) mass is 389 g/mol. The Morgan fingerprint density at radius 1 is 0.966 bits per heavy atom. The van der Waals surface area contributed by atoms with Gasteiger partial charge in [-0.15, -0.1) is 10.2 Å². The van der Waals surface area contributed by atoms with Crippen molar-refractivity contribution >= 4 is 22.6 Å². The van der Waals surface area contributed by atoms with Crippen LogP contribution in [0.2, 0.25) is 0 Å². The maximum Gasteiger partial charge on any atom is 0.206 e. The van der Waals surface area contributed by atoms with Crippen molar-refractivity contribution in [2.75, 3.05) is 18.0 Å². The molecule has 0 atom stereocenters. The molecule has 1 aliphatic heterocycles. The standard InChI is InChI=1S/C22H27N7/c1-22(2,3)18-9-10-19-24-25-20(29(19)26-18)15-11-13-28(14-12-15)21-23-16-7-5-6-8-17(16)27(21)4/h5-10,15H,11-14H2,1-4H3. The quantitative estimate of drug-likeness (QED) is 0.523. The van der Waals surface area contributed by atoms with E-state index in [1.807, 2.05) is 16.6 Å². The van der Waals surface area contributed by atoms with E-state index in [1.54, 1.807) is 0 Å². The van der Waals surface area contributed by atoms with Crippen LogP contribution >= 0.6 is 0 Å². The molecule has 1 aromatic carbocycles. The zero-order valence-electron chi connectivity index (χ0n) is 17.5. The zero-order valence-corrected chi connectivity index (χ0v) is 17.5. The van der Waals surface area contributed by atoms with Gasteiger partial charge < -0.3 is 9.47 Å². The van der Waals surface area contributed by atoms with E-state index in [2.05, 4.69) is 71.7 Å². The normalized spacial score (nSPS) is 16.2. The van der Waals surface area contributed by atoms with E-state index in [9.17, 15) is 0 Å². The van der Waals surface area contributed by atoms with Gasteiger partial charge in [-0.1, -0.05) is 32.9 Å². The van der Waals surface area contributed by atoms with Crippen LogP contribution in [0.3, 0.4) is 0 Å². The van der Waals surface area contributed by atoms with Crippen molar-refractivity contribution in [1.82, 2.24) is 29.4 Å². The van der Waals surface area contributed by atoms with Crippen LogP contribution in [0.25, 0.3) is 16.7 Å². The third-order valence-electron chi connectivity index (χ3n) is 5.96. The summed E-state index contributed by atoms with van der Waals surface area (Å²) >= 11 is 0. The first-order chi connectivity index (χ1) is 13.9. The van der Waals surface area contributed by atoms with Crippen molar-refractivity contribution in [2.45, 2.75) is 44.9 Å². The Balaban J connectivity index is 1.40. The summed E-state index contributed by atoms with van der Waals surface area (Å²) in [5.41, 5.74) is 4.11. The van der Waals surface area contributed by atoms with E-state index in [4.69, 9.17) is 10.1 Å². The Hall–Kier alpha value is -2.96. The predicted octanol–water partition coefficient (Wildman–Crippen LogP) is 3.69. The van der Waals surface area contributed by atoms with E-state index < -0.39 is 0 Å². The molecule has 4 aromatic rings.